The molecule has 0 saturated heterocycles. The summed E-state index contributed by atoms with van der Waals surface area (Å²) in [5.41, 5.74) is -0.317. The third kappa shape index (κ3) is 3.41. The highest BCUT2D eigenvalue weighted by Crippen LogP contribution is 2.16. The molecule has 0 atom stereocenters. The molecule has 0 aliphatic heterocycles. The Morgan fingerprint density at radius 2 is 2.00 bits per heavy atom. The molecule has 0 bridgehead atoms. The van der Waals surface area contributed by atoms with Gasteiger partial charge in [-0.15, -0.1) is 0 Å². The van der Waals surface area contributed by atoms with Crippen molar-refractivity contribution in [2.75, 3.05) is 24.3 Å². The normalized spacial score (nSPS) is 11.4. The van der Waals surface area contributed by atoms with E-state index in [0.717, 1.165) is 0 Å². The zero-order valence-electron chi connectivity index (χ0n) is 11.8. The van der Waals surface area contributed by atoms with Gasteiger partial charge in [0.25, 0.3) is 5.95 Å². The Morgan fingerprint density at radius 3 is 2.60 bits per heavy atom. The van der Waals surface area contributed by atoms with Crippen LogP contribution in [0.2, 0.25) is 0 Å². The van der Waals surface area contributed by atoms with Crippen LogP contribution in [0.1, 0.15) is 20.3 Å². The van der Waals surface area contributed by atoms with Crippen molar-refractivity contribution < 1.29 is 5.11 Å². The number of nitrogens with zero attached hydrogens (tertiary/aromatic N) is 5. The van der Waals surface area contributed by atoms with Crippen molar-refractivity contribution in [3.05, 3.63) is 18.5 Å². The third-order valence-corrected chi connectivity index (χ3v) is 2.74. The molecule has 2 aromatic rings. The van der Waals surface area contributed by atoms with Crippen LogP contribution in [0.15, 0.2) is 18.5 Å². The molecule has 3 N–H and O–H groups in total. The molecule has 0 fully saturated rings. The molecule has 0 unspecified atom stereocenters. The smallest absolute Gasteiger partial charge is 0.257 e. The van der Waals surface area contributed by atoms with E-state index in [0.29, 0.717) is 24.3 Å². The lowest BCUT2D eigenvalue weighted by molar-refractivity contribution is 0.260. The minimum absolute atomic E-state index is 0.0932. The van der Waals surface area contributed by atoms with E-state index in [-0.39, 0.29) is 12.1 Å². The first kappa shape index (κ1) is 14.2. The fourth-order valence-corrected chi connectivity index (χ4v) is 1.67. The summed E-state index contributed by atoms with van der Waals surface area (Å²) in [6.07, 6.45) is 4.01. The Morgan fingerprint density at radius 1 is 1.25 bits per heavy atom. The SMILES string of the molecule is CNc1nc(NC(C)(C)CCO)nc(-n2cccn2)n1. The zero-order valence-corrected chi connectivity index (χ0v) is 11.8. The largest absolute Gasteiger partial charge is 0.396 e. The summed E-state index contributed by atoms with van der Waals surface area (Å²) in [7, 11) is 1.74. The van der Waals surface area contributed by atoms with E-state index in [1.54, 1.807) is 30.2 Å². The van der Waals surface area contributed by atoms with Gasteiger partial charge in [-0.25, -0.2) is 4.68 Å². The number of rotatable bonds is 6. The second-order valence-electron chi connectivity index (χ2n) is 4.97. The van der Waals surface area contributed by atoms with Crippen LogP contribution in [0.25, 0.3) is 5.95 Å². The van der Waals surface area contributed by atoms with Crippen LogP contribution in [0.3, 0.4) is 0 Å². The van der Waals surface area contributed by atoms with Crippen molar-refractivity contribution >= 4 is 11.9 Å². The standard InChI is InChI=1S/C12H19N7O/c1-12(2,5-8-20)18-10-15-9(13-3)16-11(17-10)19-7-4-6-14-19/h4,6-7,20H,5,8H2,1-3H3,(H2,13,15,16,17,18). The van der Waals surface area contributed by atoms with Gasteiger partial charge in [-0.3, -0.25) is 0 Å². The van der Waals surface area contributed by atoms with E-state index in [1.165, 1.54) is 0 Å². The first-order chi connectivity index (χ1) is 9.54. The average molecular weight is 277 g/mol. The zero-order chi connectivity index (χ0) is 14.6. The number of aromatic nitrogens is 5. The second-order valence-corrected chi connectivity index (χ2v) is 4.97. The highest BCUT2D eigenvalue weighted by molar-refractivity contribution is 5.38. The van der Waals surface area contributed by atoms with E-state index in [2.05, 4.69) is 30.7 Å². The van der Waals surface area contributed by atoms with Crippen molar-refractivity contribution in [2.24, 2.45) is 0 Å². The maximum atomic E-state index is 9.07. The number of aliphatic hydroxyl groups excluding tert-OH is 1. The summed E-state index contributed by atoms with van der Waals surface area (Å²) in [6, 6.07) is 1.80. The van der Waals surface area contributed by atoms with Crippen LogP contribution in [0.4, 0.5) is 11.9 Å². The molecule has 0 aliphatic rings. The van der Waals surface area contributed by atoms with Gasteiger partial charge in [-0.05, 0) is 26.3 Å². The summed E-state index contributed by atoms with van der Waals surface area (Å²) >= 11 is 0. The van der Waals surface area contributed by atoms with Gasteiger partial charge in [0.2, 0.25) is 11.9 Å². The van der Waals surface area contributed by atoms with Crippen LogP contribution < -0.4 is 10.6 Å². The van der Waals surface area contributed by atoms with Gasteiger partial charge in [-0.1, -0.05) is 0 Å². The monoisotopic (exact) mass is 277 g/mol. The summed E-state index contributed by atoms with van der Waals surface area (Å²) in [4.78, 5) is 12.8. The minimum atomic E-state index is -0.317. The summed E-state index contributed by atoms with van der Waals surface area (Å²) in [5.74, 6) is 1.32. The molecular weight excluding hydrogens is 258 g/mol. The van der Waals surface area contributed by atoms with Crippen molar-refractivity contribution in [3.8, 4) is 5.95 Å². The molecule has 0 amide bonds. The summed E-state index contributed by atoms with van der Waals surface area (Å²) in [5, 5.41) is 19.3. The predicted octanol–water partition coefficient (Wildman–Crippen LogP) is 0.672. The van der Waals surface area contributed by atoms with Crippen LogP contribution in [-0.4, -0.2) is 49.0 Å². The fourth-order valence-electron chi connectivity index (χ4n) is 1.67. The highest BCUT2D eigenvalue weighted by atomic mass is 16.3. The van der Waals surface area contributed by atoms with Gasteiger partial charge in [0.05, 0.1) is 0 Å². The molecule has 0 aromatic carbocycles. The predicted molar refractivity (Wildman–Crippen MR) is 75.9 cm³/mol. The first-order valence-corrected chi connectivity index (χ1v) is 6.37. The van der Waals surface area contributed by atoms with E-state index < -0.39 is 0 Å². The molecule has 0 aliphatic carbocycles. The molecule has 8 nitrogen and oxygen atoms in total. The van der Waals surface area contributed by atoms with Gasteiger partial charge in [0.1, 0.15) is 0 Å². The van der Waals surface area contributed by atoms with Gasteiger partial charge in [0, 0.05) is 31.6 Å². The Hall–Kier alpha value is -2.22. The maximum absolute atomic E-state index is 9.07. The van der Waals surface area contributed by atoms with Crippen molar-refractivity contribution in [3.63, 3.8) is 0 Å². The summed E-state index contributed by atoms with van der Waals surface area (Å²) < 4.78 is 1.56. The van der Waals surface area contributed by atoms with Gasteiger partial charge < -0.3 is 15.7 Å². The number of aliphatic hydroxyl groups is 1. The lowest BCUT2D eigenvalue weighted by Gasteiger charge is -2.25. The number of nitrogens with one attached hydrogen (secondary N) is 2. The van der Waals surface area contributed by atoms with E-state index in [4.69, 9.17) is 5.11 Å². The lowest BCUT2D eigenvalue weighted by atomic mass is 10.0. The fraction of sp³-hybridized carbons (Fsp3) is 0.500. The van der Waals surface area contributed by atoms with Crippen molar-refractivity contribution in [2.45, 2.75) is 25.8 Å². The third-order valence-electron chi connectivity index (χ3n) is 2.74. The second kappa shape index (κ2) is 5.83. The van der Waals surface area contributed by atoms with Gasteiger partial charge in [0.15, 0.2) is 0 Å². The molecule has 2 rings (SSSR count). The average Bonchev–Trinajstić information content (AvgIpc) is 2.91. The molecule has 2 aromatic heterocycles. The molecule has 0 radical (unpaired) electrons. The number of hydrogen-bond acceptors (Lipinski definition) is 7. The summed E-state index contributed by atoms with van der Waals surface area (Å²) in [6.45, 7) is 4.04. The Balaban J connectivity index is 2.31. The van der Waals surface area contributed by atoms with E-state index in [1.807, 2.05) is 13.8 Å². The quantitative estimate of drug-likeness (QED) is 0.713. The molecule has 2 heterocycles. The Bertz CT molecular complexity index is 553. The Labute approximate surface area is 117 Å². The molecular formula is C12H19N7O. The molecule has 0 saturated carbocycles. The van der Waals surface area contributed by atoms with Crippen LogP contribution >= 0.6 is 0 Å². The van der Waals surface area contributed by atoms with Crippen LogP contribution in [-0.2, 0) is 0 Å². The highest BCUT2D eigenvalue weighted by Gasteiger charge is 2.19. The van der Waals surface area contributed by atoms with E-state index in [9.17, 15) is 0 Å². The van der Waals surface area contributed by atoms with E-state index >= 15 is 0 Å². The number of hydrogen-bond donors (Lipinski definition) is 3. The van der Waals surface area contributed by atoms with Crippen LogP contribution in [0.5, 0.6) is 0 Å². The van der Waals surface area contributed by atoms with Gasteiger partial charge in [-0.2, -0.15) is 20.1 Å². The van der Waals surface area contributed by atoms with Crippen LogP contribution in [0, 0.1) is 0 Å². The molecule has 108 valence electrons. The minimum Gasteiger partial charge on any atom is -0.396 e. The number of anilines is 2. The van der Waals surface area contributed by atoms with Crippen molar-refractivity contribution in [1.82, 2.24) is 24.7 Å². The lowest BCUT2D eigenvalue weighted by Crippen LogP contribution is -2.33. The Kier molecular flexibility index (Phi) is 4.14. The topological polar surface area (TPSA) is 101 Å². The first-order valence-electron chi connectivity index (χ1n) is 6.37. The molecule has 20 heavy (non-hydrogen) atoms. The van der Waals surface area contributed by atoms with Gasteiger partial charge >= 0.3 is 0 Å². The molecule has 0 spiro atoms. The van der Waals surface area contributed by atoms with Crippen molar-refractivity contribution in [1.29, 1.82) is 0 Å². The maximum Gasteiger partial charge on any atom is 0.257 e. The molecule has 8 heteroatoms.